The molecule has 2 rings (SSSR count). The lowest BCUT2D eigenvalue weighted by molar-refractivity contribution is 0.0938. The molecule has 1 aromatic heterocycles. The van der Waals surface area contributed by atoms with E-state index in [1.807, 2.05) is 19.9 Å². The van der Waals surface area contributed by atoms with Gasteiger partial charge in [0.05, 0.1) is 11.3 Å². The highest BCUT2D eigenvalue weighted by molar-refractivity contribution is 5.99. The molecule has 4 nitrogen and oxygen atoms in total. The van der Waals surface area contributed by atoms with Gasteiger partial charge in [-0.1, -0.05) is 12.8 Å². The molecule has 4 heteroatoms. The first-order chi connectivity index (χ1) is 8.70. The van der Waals surface area contributed by atoms with Crippen LogP contribution in [-0.2, 0) is 0 Å². The summed E-state index contributed by atoms with van der Waals surface area (Å²) in [4.78, 5) is 16.4. The summed E-state index contributed by atoms with van der Waals surface area (Å²) in [5, 5.41) is 6.32. The summed E-state index contributed by atoms with van der Waals surface area (Å²) in [5.74, 6) is -0.00894. The van der Waals surface area contributed by atoms with Crippen molar-refractivity contribution in [1.82, 2.24) is 10.3 Å². The molecule has 1 aromatic rings. The molecule has 2 N–H and O–H groups in total. The maximum Gasteiger partial charge on any atom is 0.255 e. The number of carbonyl (C=O) groups is 1. The smallest absolute Gasteiger partial charge is 0.255 e. The summed E-state index contributed by atoms with van der Waals surface area (Å²) < 4.78 is 0. The molecule has 1 aliphatic rings. The average Bonchev–Trinajstić information content (AvgIpc) is 2.82. The van der Waals surface area contributed by atoms with Crippen molar-refractivity contribution in [1.29, 1.82) is 0 Å². The Bertz CT molecular complexity index is 425. The molecule has 0 saturated heterocycles. The highest BCUT2D eigenvalue weighted by atomic mass is 16.1. The summed E-state index contributed by atoms with van der Waals surface area (Å²) in [7, 11) is 0. The van der Waals surface area contributed by atoms with E-state index in [0.717, 1.165) is 30.8 Å². The number of anilines is 1. The van der Waals surface area contributed by atoms with E-state index in [0.29, 0.717) is 11.6 Å². The van der Waals surface area contributed by atoms with Crippen LogP contribution in [0.3, 0.4) is 0 Å². The first kappa shape index (κ1) is 12.9. The zero-order valence-corrected chi connectivity index (χ0v) is 11.1. The third kappa shape index (κ3) is 3.00. The van der Waals surface area contributed by atoms with E-state index in [-0.39, 0.29) is 5.91 Å². The molecule has 0 aliphatic heterocycles. The van der Waals surface area contributed by atoms with Gasteiger partial charge in [0.15, 0.2) is 0 Å². The fraction of sp³-hybridized carbons (Fsp3) is 0.571. The van der Waals surface area contributed by atoms with Crippen LogP contribution in [0.2, 0.25) is 0 Å². The molecule has 1 saturated carbocycles. The third-order valence-electron chi connectivity index (χ3n) is 3.34. The van der Waals surface area contributed by atoms with Crippen molar-refractivity contribution in [2.75, 3.05) is 11.9 Å². The number of rotatable bonds is 4. The molecule has 0 atom stereocenters. The highest BCUT2D eigenvalue weighted by Crippen LogP contribution is 2.20. The van der Waals surface area contributed by atoms with Gasteiger partial charge in [-0.2, -0.15) is 0 Å². The Kier molecular flexibility index (Phi) is 4.18. The Hall–Kier alpha value is -1.58. The van der Waals surface area contributed by atoms with Gasteiger partial charge in [-0.05, 0) is 32.8 Å². The Balaban J connectivity index is 2.12. The van der Waals surface area contributed by atoms with Crippen molar-refractivity contribution >= 4 is 11.6 Å². The SMILES string of the molecule is CCNc1cc(C)ncc1C(=O)NC1CCCC1. The molecule has 1 amide bonds. The predicted molar refractivity (Wildman–Crippen MR) is 72.9 cm³/mol. The normalized spacial score (nSPS) is 15.7. The fourth-order valence-electron chi connectivity index (χ4n) is 2.41. The Morgan fingerprint density at radius 3 is 2.83 bits per heavy atom. The van der Waals surface area contributed by atoms with Crippen molar-refractivity contribution in [3.05, 3.63) is 23.5 Å². The first-order valence-corrected chi connectivity index (χ1v) is 6.72. The van der Waals surface area contributed by atoms with E-state index in [2.05, 4.69) is 15.6 Å². The molecule has 0 aromatic carbocycles. The van der Waals surface area contributed by atoms with E-state index < -0.39 is 0 Å². The summed E-state index contributed by atoms with van der Waals surface area (Å²) >= 11 is 0. The average molecular weight is 247 g/mol. The lowest BCUT2D eigenvalue weighted by Crippen LogP contribution is -2.33. The van der Waals surface area contributed by atoms with Crippen LogP contribution < -0.4 is 10.6 Å². The molecule has 18 heavy (non-hydrogen) atoms. The number of aromatic nitrogens is 1. The molecule has 0 bridgehead atoms. The van der Waals surface area contributed by atoms with E-state index in [4.69, 9.17) is 0 Å². The Morgan fingerprint density at radius 1 is 1.44 bits per heavy atom. The van der Waals surface area contributed by atoms with E-state index in [1.54, 1.807) is 6.20 Å². The van der Waals surface area contributed by atoms with Crippen LogP contribution in [0.25, 0.3) is 0 Å². The molecule has 0 unspecified atom stereocenters. The fourth-order valence-corrected chi connectivity index (χ4v) is 2.41. The summed E-state index contributed by atoms with van der Waals surface area (Å²) in [5.41, 5.74) is 2.44. The van der Waals surface area contributed by atoms with Crippen molar-refractivity contribution in [3.63, 3.8) is 0 Å². The van der Waals surface area contributed by atoms with Crippen LogP contribution >= 0.6 is 0 Å². The number of amides is 1. The molecule has 1 heterocycles. The number of nitrogens with one attached hydrogen (secondary N) is 2. The minimum atomic E-state index is -0.00894. The Labute approximate surface area is 108 Å². The molecule has 1 aliphatic carbocycles. The van der Waals surface area contributed by atoms with Crippen molar-refractivity contribution in [3.8, 4) is 0 Å². The van der Waals surface area contributed by atoms with Crippen molar-refractivity contribution < 1.29 is 4.79 Å². The van der Waals surface area contributed by atoms with Gasteiger partial charge in [0.1, 0.15) is 0 Å². The summed E-state index contributed by atoms with van der Waals surface area (Å²) in [6.45, 7) is 4.75. The second-order valence-corrected chi connectivity index (χ2v) is 4.86. The predicted octanol–water partition coefficient (Wildman–Crippen LogP) is 2.49. The van der Waals surface area contributed by atoms with Gasteiger partial charge in [0.25, 0.3) is 5.91 Å². The van der Waals surface area contributed by atoms with Crippen LogP contribution in [0.1, 0.15) is 48.7 Å². The monoisotopic (exact) mass is 247 g/mol. The quantitative estimate of drug-likeness (QED) is 0.859. The zero-order chi connectivity index (χ0) is 13.0. The van der Waals surface area contributed by atoms with Gasteiger partial charge in [0, 0.05) is 24.5 Å². The van der Waals surface area contributed by atoms with Gasteiger partial charge in [-0.15, -0.1) is 0 Å². The van der Waals surface area contributed by atoms with Crippen molar-refractivity contribution in [2.24, 2.45) is 0 Å². The van der Waals surface area contributed by atoms with Gasteiger partial charge >= 0.3 is 0 Å². The summed E-state index contributed by atoms with van der Waals surface area (Å²) in [6, 6.07) is 2.26. The minimum absolute atomic E-state index is 0.00894. The number of nitrogens with zero attached hydrogens (tertiary/aromatic N) is 1. The minimum Gasteiger partial charge on any atom is -0.385 e. The van der Waals surface area contributed by atoms with E-state index in [1.165, 1.54) is 12.8 Å². The second-order valence-electron chi connectivity index (χ2n) is 4.86. The number of aryl methyl sites for hydroxylation is 1. The molecular formula is C14H21N3O. The van der Waals surface area contributed by atoms with Gasteiger partial charge in [-0.25, -0.2) is 0 Å². The van der Waals surface area contributed by atoms with Crippen LogP contribution in [0.5, 0.6) is 0 Å². The molecular weight excluding hydrogens is 226 g/mol. The lowest BCUT2D eigenvalue weighted by Gasteiger charge is -2.15. The van der Waals surface area contributed by atoms with Gasteiger partial charge in [-0.3, -0.25) is 9.78 Å². The number of hydrogen-bond acceptors (Lipinski definition) is 3. The van der Waals surface area contributed by atoms with E-state index >= 15 is 0 Å². The molecule has 0 radical (unpaired) electrons. The van der Waals surface area contributed by atoms with Crippen LogP contribution in [0.4, 0.5) is 5.69 Å². The van der Waals surface area contributed by atoms with Crippen LogP contribution in [-0.4, -0.2) is 23.5 Å². The lowest BCUT2D eigenvalue weighted by atomic mass is 10.1. The first-order valence-electron chi connectivity index (χ1n) is 6.72. The van der Waals surface area contributed by atoms with Crippen LogP contribution in [0, 0.1) is 6.92 Å². The largest absolute Gasteiger partial charge is 0.385 e. The number of hydrogen-bond donors (Lipinski definition) is 2. The maximum absolute atomic E-state index is 12.2. The van der Waals surface area contributed by atoms with Gasteiger partial charge < -0.3 is 10.6 Å². The molecule has 98 valence electrons. The Morgan fingerprint density at radius 2 is 2.17 bits per heavy atom. The highest BCUT2D eigenvalue weighted by Gasteiger charge is 2.19. The summed E-state index contributed by atoms with van der Waals surface area (Å²) in [6.07, 6.45) is 6.30. The topological polar surface area (TPSA) is 54.0 Å². The maximum atomic E-state index is 12.2. The van der Waals surface area contributed by atoms with Gasteiger partial charge in [0.2, 0.25) is 0 Å². The standard InChI is InChI=1S/C14H21N3O/c1-3-15-13-8-10(2)16-9-12(13)14(18)17-11-6-4-5-7-11/h8-9,11H,3-7H2,1-2H3,(H,15,16)(H,17,18). The number of carbonyl (C=O) groups excluding carboxylic acids is 1. The second kappa shape index (κ2) is 5.85. The number of pyridine rings is 1. The van der Waals surface area contributed by atoms with Crippen molar-refractivity contribution in [2.45, 2.75) is 45.6 Å². The molecule has 0 spiro atoms. The van der Waals surface area contributed by atoms with E-state index in [9.17, 15) is 4.79 Å². The van der Waals surface area contributed by atoms with Crippen LogP contribution in [0.15, 0.2) is 12.3 Å². The molecule has 1 fully saturated rings. The zero-order valence-electron chi connectivity index (χ0n) is 11.1. The third-order valence-corrected chi connectivity index (χ3v) is 3.34.